The van der Waals surface area contributed by atoms with Crippen molar-refractivity contribution < 1.29 is 14.3 Å². The maximum Gasteiger partial charge on any atom is 0.234 e. The van der Waals surface area contributed by atoms with Crippen molar-refractivity contribution >= 4 is 5.91 Å². The molecule has 5 heteroatoms. The molecular weight excluding hydrogens is 364 g/mol. The van der Waals surface area contributed by atoms with Crippen LogP contribution in [0.3, 0.4) is 0 Å². The Morgan fingerprint density at radius 3 is 2.48 bits per heavy atom. The minimum atomic E-state index is 0.00390. The number of fused-ring (bicyclic) bond motifs is 1. The molecule has 0 aliphatic heterocycles. The molecule has 5 nitrogen and oxygen atoms in total. The quantitative estimate of drug-likeness (QED) is 0.735. The van der Waals surface area contributed by atoms with Crippen LogP contribution in [-0.2, 0) is 24.2 Å². The smallest absolute Gasteiger partial charge is 0.234 e. The van der Waals surface area contributed by atoms with Gasteiger partial charge in [0, 0.05) is 6.54 Å². The molecule has 0 heterocycles. The van der Waals surface area contributed by atoms with E-state index in [0.717, 1.165) is 12.0 Å². The van der Waals surface area contributed by atoms with Gasteiger partial charge in [-0.25, -0.2) is 0 Å². The molecule has 29 heavy (non-hydrogen) atoms. The van der Waals surface area contributed by atoms with E-state index in [2.05, 4.69) is 30.4 Å². The lowest BCUT2D eigenvalue weighted by Crippen LogP contribution is -2.36. The lowest BCUT2D eigenvalue weighted by Gasteiger charge is -2.22. The van der Waals surface area contributed by atoms with Crippen molar-refractivity contribution in [3.63, 3.8) is 0 Å². The maximum atomic E-state index is 12.5. The van der Waals surface area contributed by atoms with Crippen LogP contribution in [0.5, 0.6) is 11.5 Å². The molecule has 0 saturated heterocycles. The normalized spacial score (nSPS) is 14.2. The van der Waals surface area contributed by atoms with Crippen molar-refractivity contribution in [3.8, 4) is 11.5 Å². The van der Waals surface area contributed by atoms with Gasteiger partial charge in [0.2, 0.25) is 5.91 Å². The van der Waals surface area contributed by atoms with Crippen LogP contribution in [0.4, 0.5) is 0 Å². The van der Waals surface area contributed by atoms with Gasteiger partial charge in [-0.3, -0.25) is 9.69 Å². The fraction of sp³-hybridized carbons (Fsp3) is 0.458. The van der Waals surface area contributed by atoms with Gasteiger partial charge in [0.25, 0.3) is 0 Å². The fourth-order valence-electron chi connectivity index (χ4n) is 3.98. The van der Waals surface area contributed by atoms with Gasteiger partial charge in [0.15, 0.2) is 11.5 Å². The summed E-state index contributed by atoms with van der Waals surface area (Å²) in [6.07, 6.45) is 4.87. The van der Waals surface area contributed by atoms with Crippen LogP contribution in [-0.4, -0.2) is 38.6 Å². The number of benzene rings is 2. The first-order chi connectivity index (χ1) is 14.0. The van der Waals surface area contributed by atoms with Gasteiger partial charge in [-0.1, -0.05) is 24.3 Å². The van der Waals surface area contributed by atoms with Crippen molar-refractivity contribution in [2.24, 2.45) is 0 Å². The molecule has 0 bridgehead atoms. The average molecular weight is 397 g/mol. The van der Waals surface area contributed by atoms with E-state index in [4.69, 9.17) is 9.47 Å². The largest absolute Gasteiger partial charge is 0.493 e. The first-order valence-corrected chi connectivity index (χ1v) is 10.3. The first-order valence-electron chi connectivity index (χ1n) is 10.3. The number of ether oxygens (including phenoxy) is 2. The summed E-state index contributed by atoms with van der Waals surface area (Å²) in [5.74, 6) is 1.43. The Morgan fingerprint density at radius 1 is 1.03 bits per heavy atom. The van der Waals surface area contributed by atoms with Crippen molar-refractivity contribution in [3.05, 3.63) is 58.7 Å². The number of likely N-dealkylation sites (N-methyl/N-ethyl adjacent to an activating group) is 1. The number of methoxy groups -OCH3 is 2. The van der Waals surface area contributed by atoms with Crippen LogP contribution in [0.25, 0.3) is 0 Å². The number of amides is 1. The average Bonchev–Trinajstić information content (AvgIpc) is 2.72. The second-order valence-electron chi connectivity index (χ2n) is 7.89. The van der Waals surface area contributed by atoms with Crippen LogP contribution < -0.4 is 14.8 Å². The molecule has 1 atom stereocenters. The molecule has 0 spiro atoms. The summed E-state index contributed by atoms with van der Waals surface area (Å²) in [5.41, 5.74) is 5.16. The first kappa shape index (κ1) is 21.2. The maximum absolute atomic E-state index is 12.5. The highest BCUT2D eigenvalue weighted by molar-refractivity contribution is 5.78. The molecule has 3 rings (SSSR count). The molecule has 0 saturated carbocycles. The molecule has 156 valence electrons. The van der Waals surface area contributed by atoms with Gasteiger partial charge in [0.1, 0.15) is 0 Å². The Labute approximate surface area is 174 Å². The predicted octanol–water partition coefficient (Wildman–Crippen LogP) is 3.89. The summed E-state index contributed by atoms with van der Waals surface area (Å²) in [6, 6.07) is 12.5. The van der Waals surface area contributed by atoms with Gasteiger partial charge in [0.05, 0.1) is 26.8 Å². The summed E-state index contributed by atoms with van der Waals surface area (Å²) in [4.78, 5) is 14.5. The topological polar surface area (TPSA) is 50.8 Å². The zero-order valence-corrected chi connectivity index (χ0v) is 18.0. The van der Waals surface area contributed by atoms with E-state index in [0.29, 0.717) is 24.6 Å². The van der Waals surface area contributed by atoms with E-state index in [1.165, 1.54) is 36.0 Å². The second kappa shape index (κ2) is 9.79. The Hall–Kier alpha value is -2.53. The van der Waals surface area contributed by atoms with E-state index in [-0.39, 0.29) is 11.9 Å². The SMILES string of the molecule is COc1ccc(CN(C)CC(=O)NC(C)c2ccc3c(c2)CCCC3)cc1OC. The Balaban J connectivity index is 1.54. The van der Waals surface area contributed by atoms with Gasteiger partial charge in [-0.05, 0) is 74.0 Å². The Kier molecular flexibility index (Phi) is 7.15. The third kappa shape index (κ3) is 5.51. The fourth-order valence-corrected chi connectivity index (χ4v) is 3.98. The summed E-state index contributed by atoms with van der Waals surface area (Å²) in [7, 11) is 5.19. The van der Waals surface area contributed by atoms with Crippen molar-refractivity contribution in [1.29, 1.82) is 0 Å². The van der Waals surface area contributed by atoms with Crippen molar-refractivity contribution in [1.82, 2.24) is 10.2 Å². The number of carbonyl (C=O) groups is 1. The molecule has 1 aliphatic rings. The van der Waals surface area contributed by atoms with Crippen molar-refractivity contribution in [2.75, 3.05) is 27.8 Å². The summed E-state index contributed by atoms with van der Waals surface area (Å²) in [5, 5.41) is 3.14. The van der Waals surface area contributed by atoms with Gasteiger partial charge >= 0.3 is 0 Å². The monoisotopic (exact) mass is 396 g/mol. The van der Waals surface area contributed by atoms with Crippen LogP contribution in [0.1, 0.15) is 48.1 Å². The van der Waals surface area contributed by atoms with E-state index in [9.17, 15) is 4.79 Å². The molecular formula is C24H32N2O3. The van der Waals surface area contributed by atoms with Gasteiger partial charge in [-0.2, -0.15) is 0 Å². The molecule has 1 amide bonds. The zero-order valence-electron chi connectivity index (χ0n) is 18.0. The number of aryl methyl sites for hydroxylation is 2. The number of carbonyl (C=O) groups excluding carboxylic acids is 1. The van der Waals surface area contributed by atoms with Gasteiger partial charge < -0.3 is 14.8 Å². The summed E-state index contributed by atoms with van der Waals surface area (Å²) < 4.78 is 10.6. The lowest BCUT2D eigenvalue weighted by molar-refractivity contribution is -0.122. The number of rotatable bonds is 8. The van der Waals surface area contributed by atoms with Crippen molar-refractivity contribution in [2.45, 2.75) is 45.2 Å². The number of hydrogen-bond acceptors (Lipinski definition) is 4. The molecule has 0 radical (unpaired) electrons. The second-order valence-corrected chi connectivity index (χ2v) is 7.89. The molecule has 0 fully saturated rings. The Bertz CT molecular complexity index is 850. The van der Waals surface area contributed by atoms with Crippen LogP contribution >= 0.6 is 0 Å². The molecule has 1 aliphatic carbocycles. The number of hydrogen-bond donors (Lipinski definition) is 1. The third-order valence-electron chi connectivity index (χ3n) is 5.56. The van der Waals surface area contributed by atoms with Crippen LogP contribution in [0.15, 0.2) is 36.4 Å². The molecule has 0 aromatic heterocycles. The predicted molar refractivity (Wildman–Crippen MR) is 116 cm³/mol. The highest BCUT2D eigenvalue weighted by Crippen LogP contribution is 2.28. The number of nitrogens with one attached hydrogen (secondary N) is 1. The van der Waals surface area contributed by atoms with E-state index in [1.54, 1.807) is 14.2 Å². The van der Waals surface area contributed by atoms with E-state index >= 15 is 0 Å². The third-order valence-corrected chi connectivity index (χ3v) is 5.56. The summed E-state index contributed by atoms with van der Waals surface area (Å²) in [6.45, 7) is 3.04. The van der Waals surface area contributed by atoms with Crippen LogP contribution in [0.2, 0.25) is 0 Å². The molecule has 1 N–H and O–H groups in total. The molecule has 2 aromatic rings. The molecule has 1 unspecified atom stereocenters. The highest BCUT2D eigenvalue weighted by atomic mass is 16.5. The van der Waals surface area contributed by atoms with Gasteiger partial charge in [-0.15, -0.1) is 0 Å². The van der Waals surface area contributed by atoms with E-state index in [1.807, 2.05) is 30.1 Å². The Morgan fingerprint density at radius 2 is 1.76 bits per heavy atom. The molecule has 2 aromatic carbocycles. The summed E-state index contributed by atoms with van der Waals surface area (Å²) >= 11 is 0. The van der Waals surface area contributed by atoms with E-state index < -0.39 is 0 Å². The minimum absolute atomic E-state index is 0.00390. The highest BCUT2D eigenvalue weighted by Gasteiger charge is 2.15. The van der Waals surface area contributed by atoms with Crippen LogP contribution in [0, 0.1) is 0 Å². The zero-order chi connectivity index (χ0) is 20.8. The lowest BCUT2D eigenvalue weighted by atomic mass is 9.89. The number of nitrogens with zero attached hydrogens (tertiary/aromatic N) is 1. The minimum Gasteiger partial charge on any atom is -0.493 e. The standard InChI is InChI=1S/C24H32N2O3/c1-17(20-11-10-19-7-5-6-8-21(19)14-20)25-24(27)16-26(2)15-18-9-12-22(28-3)23(13-18)29-4/h9-14,17H,5-8,15-16H2,1-4H3,(H,25,27).